The van der Waals surface area contributed by atoms with Gasteiger partial charge >= 0.3 is 0 Å². The summed E-state index contributed by atoms with van der Waals surface area (Å²) < 4.78 is 0.832. The lowest BCUT2D eigenvalue weighted by Crippen LogP contribution is -2.07. The first-order valence-electron chi connectivity index (χ1n) is 5.29. The molecule has 3 aliphatic carbocycles. The normalized spacial score (nSPS) is 12.0. The molecule has 0 amide bonds. The fourth-order valence-electron chi connectivity index (χ4n) is 2.48. The molecule has 1 aromatic heterocycles. The second kappa shape index (κ2) is 2.81. The Hall–Kier alpha value is -2.00. The molecule has 0 radical (unpaired) electrons. The molecule has 0 spiro atoms. The Morgan fingerprint density at radius 1 is 1.00 bits per heavy atom. The SMILES string of the molecule is O=c1c2cccc-2cc2c(=O)c3ccsc3c1=2. The van der Waals surface area contributed by atoms with Crippen molar-refractivity contribution in [2.24, 2.45) is 0 Å². The molecule has 17 heavy (non-hydrogen) atoms. The van der Waals surface area contributed by atoms with Gasteiger partial charge in [0, 0.05) is 16.2 Å². The van der Waals surface area contributed by atoms with Crippen LogP contribution >= 0.6 is 11.3 Å². The van der Waals surface area contributed by atoms with Gasteiger partial charge in [-0.15, -0.1) is 11.3 Å². The third-order valence-electron chi connectivity index (χ3n) is 3.27. The summed E-state index contributed by atoms with van der Waals surface area (Å²) in [6.45, 7) is 0. The lowest BCUT2D eigenvalue weighted by Gasteiger charge is -1.94. The van der Waals surface area contributed by atoms with E-state index >= 15 is 0 Å². The predicted molar refractivity (Wildman–Crippen MR) is 68.7 cm³/mol. The van der Waals surface area contributed by atoms with Gasteiger partial charge in [-0.1, -0.05) is 18.2 Å². The second-order valence-corrected chi connectivity index (χ2v) is 5.07. The van der Waals surface area contributed by atoms with Crippen molar-refractivity contribution in [3.8, 4) is 11.1 Å². The van der Waals surface area contributed by atoms with Crippen LogP contribution in [-0.4, -0.2) is 0 Å². The topological polar surface area (TPSA) is 34.1 Å². The molecule has 0 aliphatic heterocycles. The zero-order valence-electron chi connectivity index (χ0n) is 8.69. The molecular weight excluding hydrogens is 232 g/mol. The van der Waals surface area contributed by atoms with E-state index in [9.17, 15) is 9.59 Å². The van der Waals surface area contributed by atoms with Gasteiger partial charge in [-0.05, 0) is 23.1 Å². The molecule has 0 atom stereocenters. The maximum Gasteiger partial charge on any atom is 0.195 e. The quantitative estimate of drug-likeness (QED) is 0.471. The van der Waals surface area contributed by atoms with Gasteiger partial charge in [0.05, 0.1) is 9.92 Å². The summed E-state index contributed by atoms with van der Waals surface area (Å²) in [5.74, 6) is 0. The Kier molecular flexibility index (Phi) is 1.50. The number of hydrogen-bond donors (Lipinski definition) is 0. The highest BCUT2D eigenvalue weighted by Crippen LogP contribution is 2.24. The van der Waals surface area contributed by atoms with Gasteiger partial charge in [-0.2, -0.15) is 0 Å². The summed E-state index contributed by atoms with van der Waals surface area (Å²) in [6.07, 6.45) is 0. The van der Waals surface area contributed by atoms with Crippen LogP contribution in [0.1, 0.15) is 0 Å². The number of hydrogen-bond acceptors (Lipinski definition) is 3. The van der Waals surface area contributed by atoms with Crippen LogP contribution in [0.3, 0.4) is 0 Å². The maximum atomic E-state index is 12.3. The summed E-state index contributed by atoms with van der Waals surface area (Å²) in [7, 11) is 0. The van der Waals surface area contributed by atoms with Gasteiger partial charge in [0.1, 0.15) is 0 Å². The van der Waals surface area contributed by atoms with E-state index in [-0.39, 0.29) is 10.9 Å². The Labute approximate surface area is 99.4 Å². The van der Waals surface area contributed by atoms with Gasteiger partial charge < -0.3 is 0 Å². The van der Waals surface area contributed by atoms with E-state index < -0.39 is 0 Å². The summed E-state index contributed by atoms with van der Waals surface area (Å²) in [6, 6.07) is 9.17. The monoisotopic (exact) mass is 238 g/mol. The Morgan fingerprint density at radius 2 is 1.88 bits per heavy atom. The van der Waals surface area contributed by atoms with Crippen LogP contribution < -0.4 is 10.9 Å². The van der Waals surface area contributed by atoms with Crippen LogP contribution in [0.5, 0.6) is 0 Å². The lowest BCUT2D eigenvalue weighted by molar-refractivity contribution is 1.46. The average Bonchev–Trinajstić information content (AvgIpc) is 2.98. The average molecular weight is 238 g/mol. The second-order valence-electron chi connectivity index (χ2n) is 4.15. The number of thiophene rings is 1. The summed E-state index contributed by atoms with van der Waals surface area (Å²) >= 11 is 1.46. The maximum absolute atomic E-state index is 12.3. The van der Waals surface area contributed by atoms with E-state index in [1.165, 1.54) is 11.3 Å². The molecule has 0 aromatic carbocycles. The van der Waals surface area contributed by atoms with Gasteiger partial charge in [0.25, 0.3) is 0 Å². The van der Waals surface area contributed by atoms with E-state index in [2.05, 4.69) is 0 Å². The van der Waals surface area contributed by atoms with E-state index in [0.717, 1.165) is 10.3 Å². The van der Waals surface area contributed by atoms with Crippen molar-refractivity contribution in [1.82, 2.24) is 0 Å². The van der Waals surface area contributed by atoms with Crippen molar-refractivity contribution in [2.75, 3.05) is 0 Å². The smallest absolute Gasteiger partial charge is 0.195 e. The van der Waals surface area contributed by atoms with E-state index in [1.807, 2.05) is 29.6 Å². The molecule has 4 rings (SSSR count). The van der Waals surface area contributed by atoms with Crippen molar-refractivity contribution in [3.63, 3.8) is 0 Å². The molecule has 2 nitrogen and oxygen atoms in total. The summed E-state index contributed by atoms with van der Waals surface area (Å²) in [5.41, 5.74) is 1.53. The van der Waals surface area contributed by atoms with E-state index in [0.29, 0.717) is 21.4 Å². The summed E-state index contributed by atoms with van der Waals surface area (Å²) in [4.78, 5) is 24.5. The fraction of sp³-hybridized carbons (Fsp3) is 0. The highest BCUT2D eigenvalue weighted by molar-refractivity contribution is 7.17. The van der Waals surface area contributed by atoms with Crippen LogP contribution in [0.15, 0.2) is 45.3 Å². The molecule has 0 bridgehead atoms. The van der Waals surface area contributed by atoms with Gasteiger partial charge in [-0.3, -0.25) is 9.59 Å². The molecular formula is C14H6O2S. The largest absolute Gasteiger partial charge is 0.289 e. The molecule has 1 aromatic rings. The Bertz CT molecular complexity index is 970. The Morgan fingerprint density at radius 3 is 2.76 bits per heavy atom. The van der Waals surface area contributed by atoms with Crippen LogP contribution in [0, 0.1) is 10.4 Å². The zero-order valence-corrected chi connectivity index (χ0v) is 9.51. The van der Waals surface area contributed by atoms with Crippen LogP contribution in [-0.2, 0) is 0 Å². The summed E-state index contributed by atoms with van der Waals surface area (Å²) in [5, 5.41) is 3.70. The van der Waals surface area contributed by atoms with Gasteiger partial charge in [0.2, 0.25) is 0 Å². The first kappa shape index (κ1) is 9.07. The molecule has 80 valence electrons. The van der Waals surface area contributed by atoms with Gasteiger partial charge in [0.15, 0.2) is 10.9 Å². The first-order valence-corrected chi connectivity index (χ1v) is 6.17. The molecule has 0 N–H and O–H groups in total. The third kappa shape index (κ3) is 0.953. The first-order chi connectivity index (χ1) is 8.27. The third-order valence-corrected chi connectivity index (χ3v) is 4.20. The van der Waals surface area contributed by atoms with Crippen molar-refractivity contribution >= 4 is 21.4 Å². The van der Waals surface area contributed by atoms with E-state index in [1.54, 1.807) is 6.07 Å². The number of fused-ring (bicyclic) bond motifs is 3. The zero-order chi connectivity index (χ0) is 11.6. The van der Waals surface area contributed by atoms with Crippen molar-refractivity contribution < 1.29 is 0 Å². The van der Waals surface area contributed by atoms with E-state index in [4.69, 9.17) is 0 Å². The lowest BCUT2D eigenvalue weighted by atomic mass is 10.1. The minimum absolute atomic E-state index is 0.0166. The van der Waals surface area contributed by atoms with Crippen molar-refractivity contribution in [1.29, 1.82) is 0 Å². The molecule has 1 heterocycles. The molecule has 0 saturated heterocycles. The molecule has 3 heteroatoms. The highest BCUT2D eigenvalue weighted by atomic mass is 32.1. The van der Waals surface area contributed by atoms with Crippen LogP contribution in [0.25, 0.3) is 21.2 Å². The standard InChI is InChI=1S/C14H6O2S/c15-12-9-4-5-17-14(9)11-10(12)6-7-2-1-3-8(7)13(11)16/h1-6H. The molecule has 0 saturated carbocycles. The predicted octanol–water partition coefficient (Wildman–Crippen LogP) is 2.33. The Balaban J connectivity index is 2.56. The number of rotatable bonds is 0. The molecule has 0 unspecified atom stereocenters. The van der Waals surface area contributed by atoms with Crippen LogP contribution in [0.4, 0.5) is 0 Å². The fourth-order valence-corrected chi connectivity index (χ4v) is 3.43. The highest BCUT2D eigenvalue weighted by Gasteiger charge is 2.15. The molecule has 0 fully saturated rings. The van der Waals surface area contributed by atoms with Gasteiger partial charge in [-0.25, -0.2) is 0 Å². The minimum atomic E-state index is -0.0172. The van der Waals surface area contributed by atoms with Crippen molar-refractivity contribution in [2.45, 2.75) is 0 Å². The van der Waals surface area contributed by atoms with Crippen molar-refractivity contribution in [3.05, 3.63) is 66.6 Å². The minimum Gasteiger partial charge on any atom is -0.289 e. The van der Waals surface area contributed by atoms with Crippen LogP contribution in [0.2, 0.25) is 0 Å². The molecule has 3 aliphatic rings.